The number of hydrogen-bond acceptors (Lipinski definition) is 7. The maximum atomic E-state index is 12.9. The molecule has 0 amide bonds. The summed E-state index contributed by atoms with van der Waals surface area (Å²) in [5.74, 6) is -0.995. The highest BCUT2D eigenvalue weighted by Crippen LogP contribution is 2.35. The fourth-order valence-electron chi connectivity index (χ4n) is 4.10. The van der Waals surface area contributed by atoms with Gasteiger partial charge in [-0.15, -0.1) is 5.10 Å². The Kier molecular flexibility index (Phi) is 7.15. The molecule has 4 aromatic rings. The van der Waals surface area contributed by atoms with Crippen LogP contribution in [0.5, 0.6) is 0 Å². The number of esters is 2. The van der Waals surface area contributed by atoms with Crippen molar-refractivity contribution < 1.29 is 23.8 Å². The van der Waals surface area contributed by atoms with Gasteiger partial charge in [0.15, 0.2) is 6.23 Å². The van der Waals surface area contributed by atoms with Crippen LogP contribution >= 0.6 is 23.2 Å². The zero-order chi connectivity index (χ0) is 26.1. The Morgan fingerprint density at radius 3 is 2.19 bits per heavy atom. The van der Waals surface area contributed by atoms with Crippen molar-refractivity contribution in [1.29, 1.82) is 0 Å². The standard InChI is InChI=1S/C27H23Cl2N3O5/c1-15-3-7-17(8-4-15)26(33)35-14-24-23(37-27(34)18-9-5-16(2)6-10-18)13-25(36-24)32-22-12-20(29)19(28)11-21(22)30-31-32/h3-12,23-25H,13-14H2,1-2H3/t23-,24+,25+/m0/s1. The van der Waals surface area contributed by atoms with Crippen LogP contribution in [0.1, 0.15) is 44.5 Å². The number of carbonyl (C=O) groups excluding carboxylic acids is 2. The van der Waals surface area contributed by atoms with Crippen LogP contribution in [-0.4, -0.2) is 45.7 Å². The molecule has 0 bridgehead atoms. The summed E-state index contributed by atoms with van der Waals surface area (Å²) in [6, 6.07) is 17.4. The number of aryl methyl sites for hydroxylation is 2. The van der Waals surface area contributed by atoms with E-state index in [4.69, 9.17) is 37.4 Å². The molecule has 37 heavy (non-hydrogen) atoms. The number of ether oxygens (including phenoxy) is 3. The number of aromatic nitrogens is 3. The van der Waals surface area contributed by atoms with Gasteiger partial charge in [0.05, 0.1) is 26.7 Å². The van der Waals surface area contributed by atoms with E-state index in [0.29, 0.717) is 32.2 Å². The Labute approximate surface area is 223 Å². The highest BCUT2D eigenvalue weighted by atomic mass is 35.5. The molecule has 10 heteroatoms. The third-order valence-corrected chi connectivity index (χ3v) is 6.90. The van der Waals surface area contributed by atoms with Crippen LogP contribution in [0, 0.1) is 13.8 Å². The summed E-state index contributed by atoms with van der Waals surface area (Å²) in [4.78, 5) is 25.5. The van der Waals surface area contributed by atoms with Gasteiger partial charge < -0.3 is 14.2 Å². The van der Waals surface area contributed by atoms with Gasteiger partial charge in [0.1, 0.15) is 24.3 Å². The number of carbonyl (C=O) groups is 2. The van der Waals surface area contributed by atoms with E-state index in [9.17, 15) is 9.59 Å². The molecular formula is C27H23Cl2N3O5. The van der Waals surface area contributed by atoms with Gasteiger partial charge in [-0.3, -0.25) is 0 Å². The Bertz CT molecular complexity index is 1450. The van der Waals surface area contributed by atoms with E-state index < -0.39 is 30.4 Å². The van der Waals surface area contributed by atoms with Gasteiger partial charge in [0.2, 0.25) is 0 Å². The molecule has 8 nitrogen and oxygen atoms in total. The lowest BCUT2D eigenvalue weighted by atomic mass is 10.1. The van der Waals surface area contributed by atoms with Gasteiger partial charge in [-0.2, -0.15) is 0 Å². The molecule has 0 radical (unpaired) electrons. The zero-order valence-corrected chi connectivity index (χ0v) is 21.6. The fraction of sp³-hybridized carbons (Fsp3) is 0.259. The molecule has 5 rings (SSSR count). The first-order chi connectivity index (χ1) is 17.8. The highest BCUT2D eigenvalue weighted by Gasteiger charge is 2.41. The second-order valence-corrected chi connectivity index (χ2v) is 9.74. The summed E-state index contributed by atoms with van der Waals surface area (Å²) >= 11 is 12.3. The Balaban J connectivity index is 1.37. The minimum Gasteiger partial charge on any atom is -0.459 e. The largest absolute Gasteiger partial charge is 0.459 e. The number of fused-ring (bicyclic) bond motifs is 1. The second kappa shape index (κ2) is 10.5. The third kappa shape index (κ3) is 5.46. The van der Waals surface area contributed by atoms with E-state index in [2.05, 4.69) is 10.3 Å². The van der Waals surface area contributed by atoms with Crippen molar-refractivity contribution in [2.45, 2.75) is 38.7 Å². The molecule has 1 aromatic heterocycles. The quantitative estimate of drug-likeness (QED) is 0.289. The van der Waals surface area contributed by atoms with Crippen molar-refractivity contribution in [3.05, 3.63) is 93.0 Å². The van der Waals surface area contributed by atoms with E-state index in [1.165, 1.54) is 0 Å². The molecule has 3 aromatic carbocycles. The molecule has 1 aliphatic rings. The molecule has 3 atom stereocenters. The summed E-state index contributed by atoms with van der Waals surface area (Å²) in [7, 11) is 0. The molecule has 0 spiro atoms. The van der Waals surface area contributed by atoms with Crippen molar-refractivity contribution in [3.8, 4) is 0 Å². The average Bonchev–Trinajstić information content (AvgIpc) is 3.47. The molecule has 0 aliphatic carbocycles. The maximum Gasteiger partial charge on any atom is 0.338 e. The number of nitrogens with zero attached hydrogens (tertiary/aromatic N) is 3. The smallest absolute Gasteiger partial charge is 0.338 e. The fourth-order valence-corrected chi connectivity index (χ4v) is 4.41. The number of hydrogen-bond donors (Lipinski definition) is 0. The predicted octanol–water partition coefficient (Wildman–Crippen LogP) is 5.73. The Hall–Kier alpha value is -3.46. The minimum absolute atomic E-state index is 0.117. The van der Waals surface area contributed by atoms with Crippen LogP contribution in [0.4, 0.5) is 0 Å². The third-order valence-electron chi connectivity index (χ3n) is 6.18. The summed E-state index contributed by atoms with van der Waals surface area (Å²) in [6.07, 6.45) is -1.80. The van der Waals surface area contributed by atoms with Crippen LogP contribution < -0.4 is 0 Å². The summed E-state index contributed by atoms with van der Waals surface area (Å²) in [6.45, 7) is 3.75. The average molecular weight is 540 g/mol. The Morgan fingerprint density at radius 1 is 0.946 bits per heavy atom. The van der Waals surface area contributed by atoms with Crippen molar-refractivity contribution >= 4 is 46.2 Å². The van der Waals surface area contributed by atoms with Crippen LogP contribution in [0.25, 0.3) is 11.0 Å². The lowest BCUT2D eigenvalue weighted by Crippen LogP contribution is -2.32. The maximum absolute atomic E-state index is 12.9. The topological polar surface area (TPSA) is 92.5 Å². The van der Waals surface area contributed by atoms with Crippen LogP contribution in [-0.2, 0) is 14.2 Å². The highest BCUT2D eigenvalue weighted by molar-refractivity contribution is 6.42. The van der Waals surface area contributed by atoms with Crippen LogP contribution in [0.3, 0.4) is 0 Å². The number of rotatable bonds is 6. The van der Waals surface area contributed by atoms with Crippen LogP contribution in [0.2, 0.25) is 10.0 Å². The first-order valence-electron chi connectivity index (χ1n) is 11.7. The predicted molar refractivity (Wildman–Crippen MR) is 138 cm³/mol. The van der Waals surface area contributed by atoms with Gasteiger partial charge in [-0.1, -0.05) is 63.8 Å². The van der Waals surface area contributed by atoms with E-state index >= 15 is 0 Å². The molecule has 0 N–H and O–H groups in total. The summed E-state index contributed by atoms with van der Waals surface area (Å²) in [5, 5.41) is 9.06. The summed E-state index contributed by atoms with van der Waals surface area (Å²) < 4.78 is 19.1. The molecule has 0 unspecified atom stereocenters. The molecular weight excluding hydrogens is 517 g/mol. The second-order valence-electron chi connectivity index (χ2n) is 8.93. The van der Waals surface area contributed by atoms with Gasteiger partial charge in [-0.05, 0) is 50.2 Å². The first-order valence-corrected chi connectivity index (χ1v) is 12.4. The van der Waals surface area contributed by atoms with Crippen molar-refractivity contribution in [2.24, 2.45) is 0 Å². The number of halogens is 2. The normalized spacial score (nSPS) is 19.2. The minimum atomic E-state index is -0.726. The van der Waals surface area contributed by atoms with Crippen molar-refractivity contribution in [3.63, 3.8) is 0 Å². The van der Waals surface area contributed by atoms with Gasteiger partial charge in [0, 0.05) is 6.42 Å². The van der Waals surface area contributed by atoms with Crippen molar-refractivity contribution in [2.75, 3.05) is 6.61 Å². The van der Waals surface area contributed by atoms with Gasteiger partial charge in [0.25, 0.3) is 0 Å². The van der Waals surface area contributed by atoms with Gasteiger partial charge >= 0.3 is 11.9 Å². The SMILES string of the molecule is Cc1ccc(C(=O)OC[C@H]2O[C@@H](n3nnc4cc(Cl)c(Cl)cc43)C[C@@H]2OC(=O)c2ccc(C)cc2)cc1. The zero-order valence-electron chi connectivity index (χ0n) is 20.1. The van der Waals surface area contributed by atoms with E-state index in [0.717, 1.165) is 11.1 Å². The molecule has 0 saturated carbocycles. The molecule has 2 heterocycles. The van der Waals surface area contributed by atoms with Gasteiger partial charge in [-0.25, -0.2) is 14.3 Å². The lowest BCUT2D eigenvalue weighted by molar-refractivity contribution is -0.0593. The van der Waals surface area contributed by atoms with E-state index in [1.807, 2.05) is 38.1 Å². The first kappa shape index (κ1) is 25.2. The van der Waals surface area contributed by atoms with Crippen LogP contribution in [0.15, 0.2) is 60.7 Å². The van der Waals surface area contributed by atoms with E-state index in [1.54, 1.807) is 41.1 Å². The van der Waals surface area contributed by atoms with E-state index in [-0.39, 0.29) is 13.0 Å². The Morgan fingerprint density at radius 2 is 1.54 bits per heavy atom. The number of benzene rings is 3. The monoisotopic (exact) mass is 539 g/mol. The molecule has 1 aliphatic heterocycles. The molecule has 1 fully saturated rings. The molecule has 190 valence electrons. The summed E-state index contributed by atoms with van der Waals surface area (Å²) in [5.41, 5.74) is 4.04. The lowest BCUT2D eigenvalue weighted by Gasteiger charge is -2.19. The molecule has 1 saturated heterocycles. The van der Waals surface area contributed by atoms with Crippen molar-refractivity contribution in [1.82, 2.24) is 15.0 Å².